The summed E-state index contributed by atoms with van der Waals surface area (Å²) in [6, 6.07) is 41.2. The fourth-order valence-corrected chi connectivity index (χ4v) is 8.85. The van der Waals surface area contributed by atoms with Crippen molar-refractivity contribution in [3.63, 3.8) is 0 Å². The molecule has 2 nitrogen and oxygen atoms in total. The van der Waals surface area contributed by atoms with Gasteiger partial charge in [0, 0.05) is 21.5 Å². The van der Waals surface area contributed by atoms with Crippen LogP contribution in [0.5, 0.6) is 0 Å². The Kier molecular flexibility index (Phi) is 8.69. The number of hydrogen-bond acceptors (Lipinski definition) is 0. The highest BCUT2D eigenvalue weighted by atomic mass is 19.4. The highest BCUT2D eigenvalue weighted by Crippen LogP contribution is 2.48. The van der Waals surface area contributed by atoms with E-state index in [1.54, 1.807) is 72.8 Å². The normalized spacial score (nSPS) is 12.1. The van der Waals surface area contributed by atoms with Gasteiger partial charge in [-0.25, -0.2) is 22.0 Å². The minimum Gasteiger partial charge on any atom is -0.309 e. The van der Waals surface area contributed by atoms with Crippen molar-refractivity contribution >= 4 is 43.6 Å². The molecule has 61 heavy (non-hydrogen) atoms. The predicted octanol–water partition coefficient (Wildman–Crippen LogP) is 15.2. The Morgan fingerprint density at radius 1 is 0.377 bits per heavy atom. The molecule has 300 valence electrons. The number of aromatic nitrogens is 2. The van der Waals surface area contributed by atoms with E-state index in [2.05, 4.69) is 0 Å². The van der Waals surface area contributed by atoms with Crippen molar-refractivity contribution in [1.29, 1.82) is 0 Å². The molecule has 10 heteroatoms. The lowest BCUT2D eigenvalue weighted by Gasteiger charge is -2.23. The molecule has 0 radical (unpaired) electrons. The molecule has 8 aromatic carbocycles. The van der Waals surface area contributed by atoms with Crippen LogP contribution in [0.2, 0.25) is 0 Å². The Bertz CT molecular complexity index is 3230. The van der Waals surface area contributed by atoms with Gasteiger partial charge in [0.25, 0.3) is 0 Å². The molecule has 0 N–H and O–H groups in total. The molecule has 0 aliphatic carbocycles. The van der Waals surface area contributed by atoms with E-state index >= 15 is 30.7 Å². The van der Waals surface area contributed by atoms with Crippen LogP contribution in [-0.2, 0) is 6.18 Å². The van der Waals surface area contributed by atoms with Crippen molar-refractivity contribution in [2.45, 2.75) is 20.0 Å². The number of aryl methyl sites for hydroxylation is 2. The number of para-hydroxylation sites is 2. The monoisotopic (exact) mass is 822 g/mol. The van der Waals surface area contributed by atoms with Gasteiger partial charge in [-0.1, -0.05) is 109 Å². The maximum atomic E-state index is 16.4. The van der Waals surface area contributed by atoms with Gasteiger partial charge in [0.2, 0.25) is 5.82 Å². The van der Waals surface area contributed by atoms with Gasteiger partial charge >= 0.3 is 6.18 Å². The summed E-state index contributed by atoms with van der Waals surface area (Å²) in [5, 5.41) is 2.29. The molecule has 2 heterocycles. The smallest absolute Gasteiger partial charge is 0.309 e. The van der Waals surface area contributed by atoms with Crippen molar-refractivity contribution in [3.8, 4) is 44.8 Å². The second-order valence-corrected chi connectivity index (χ2v) is 15.1. The summed E-state index contributed by atoms with van der Waals surface area (Å²) in [7, 11) is 0. The van der Waals surface area contributed by atoms with Crippen LogP contribution in [0.4, 0.5) is 35.1 Å². The molecule has 0 saturated heterocycles. The molecule has 2 aromatic heterocycles. The first kappa shape index (κ1) is 38.0. The minimum absolute atomic E-state index is 0.314. The van der Waals surface area contributed by atoms with Gasteiger partial charge in [-0.3, -0.25) is 0 Å². The third kappa shape index (κ3) is 5.84. The Morgan fingerprint density at radius 3 is 1.18 bits per heavy atom. The lowest BCUT2D eigenvalue weighted by atomic mass is 9.97. The van der Waals surface area contributed by atoms with Crippen molar-refractivity contribution < 1.29 is 35.1 Å². The van der Waals surface area contributed by atoms with E-state index in [-0.39, 0.29) is 0 Å². The van der Waals surface area contributed by atoms with Crippen molar-refractivity contribution in [1.82, 2.24) is 9.13 Å². The van der Waals surface area contributed by atoms with Gasteiger partial charge in [-0.2, -0.15) is 13.2 Å². The number of nitrogens with zero attached hydrogens (tertiary/aromatic N) is 2. The number of halogens is 8. The summed E-state index contributed by atoms with van der Waals surface area (Å²) in [5.41, 5.74) is 1.70. The fraction of sp³-hybridized carbons (Fsp3) is 0.0588. The summed E-state index contributed by atoms with van der Waals surface area (Å²) in [4.78, 5) is 0. The molecule has 0 amide bonds. The average molecular weight is 823 g/mol. The molecule has 0 aliphatic rings. The van der Waals surface area contributed by atoms with E-state index in [0.717, 1.165) is 34.4 Å². The molecule has 0 spiro atoms. The molecule has 0 fully saturated rings. The zero-order chi connectivity index (χ0) is 42.5. The summed E-state index contributed by atoms with van der Waals surface area (Å²) >= 11 is 0. The van der Waals surface area contributed by atoms with Gasteiger partial charge in [-0.15, -0.1) is 0 Å². The predicted molar refractivity (Wildman–Crippen MR) is 226 cm³/mol. The number of fused-ring (bicyclic) bond motifs is 6. The first-order chi connectivity index (χ1) is 29.3. The van der Waals surface area contributed by atoms with Crippen LogP contribution < -0.4 is 0 Å². The standard InChI is InChI=1S/C51H30F8N2/c1-27-11-3-5-13-32(27)29-19-21-36-34-15-7-9-17-38(34)60(40(36)23-29)42-25-31(44-46(52)48(54)50(56)49(55)47(44)53)26-43(45(42)51(57,58)59)61-39-18-10-8-16-35(39)37-22-20-30(24-41(37)61)33-14-6-4-12-28(33)2/h3-26H,1-2H3. The van der Waals surface area contributed by atoms with Crippen LogP contribution in [0, 0.1) is 42.9 Å². The summed E-state index contributed by atoms with van der Waals surface area (Å²) in [6.07, 6.45) is -5.16. The van der Waals surface area contributed by atoms with E-state index in [9.17, 15) is 4.39 Å². The highest BCUT2D eigenvalue weighted by Gasteiger charge is 2.40. The second-order valence-electron chi connectivity index (χ2n) is 15.1. The Labute approximate surface area is 343 Å². The van der Waals surface area contributed by atoms with Crippen LogP contribution in [0.3, 0.4) is 0 Å². The summed E-state index contributed by atoms with van der Waals surface area (Å²) in [5.74, 6) is -11.2. The Morgan fingerprint density at radius 2 is 0.754 bits per heavy atom. The van der Waals surface area contributed by atoms with Gasteiger partial charge in [-0.05, 0) is 89.2 Å². The highest BCUT2D eigenvalue weighted by molar-refractivity contribution is 6.12. The molecule has 0 unspecified atom stereocenters. The van der Waals surface area contributed by atoms with Crippen molar-refractivity contribution in [2.75, 3.05) is 0 Å². The number of hydrogen-bond donors (Lipinski definition) is 0. The molecular formula is C51H30F8N2. The largest absolute Gasteiger partial charge is 0.420 e. The SMILES string of the molecule is Cc1ccccc1-c1ccc2c3ccccc3n(-c3cc(-c4c(F)c(F)c(F)c(F)c4F)cc(-n4c5ccccc5c5ccc(-c6ccccc6C)cc54)c3C(F)(F)F)c2c1. The van der Waals surface area contributed by atoms with Crippen molar-refractivity contribution in [3.05, 3.63) is 191 Å². The van der Waals surface area contributed by atoms with E-state index in [1.165, 1.54) is 9.13 Å². The Balaban J connectivity index is 1.42. The van der Waals surface area contributed by atoms with Gasteiger partial charge < -0.3 is 9.13 Å². The minimum atomic E-state index is -5.16. The first-order valence-corrected chi connectivity index (χ1v) is 19.3. The zero-order valence-corrected chi connectivity index (χ0v) is 32.3. The zero-order valence-electron chi connectivity index (χ0n) is 32.3. The molecule has 10 rings (SSSR count). The number of rotatable bonds is 5. The topological polar surface area (TPSA) is 9.86 Å². The molecule has 0 atom stereocenters. The summed E-state index contributed by atoms with van der Waals surface area (Å²) < 4.78 is 129. The maximum Gasteiger partial charge on any atom is 0.420 e. The molecule has 0 aliphatic heterocycles. The number of benzene rings is 8. The van der Waals surface area contributed by atoms with Crippen LogP contribution in [0.1, 0.15) is 16.7 Å². The third-order valence-corrected chi connectivity index (χ3v) is 11.6. The van der Waals surface area contributed by atoms with Crippen molar-refractivity contribution in [2.24, 2.45) is 0 Å². The van der Waals surface area contributed by atoms with E-state index in [0.29, 0.717) is 54.7 Å². The van der Waals surface area contributed by atoms with Crippen LogP contribution >= 0.6 is 0 Å². The third-order valence-electron chi connectivity index (χ3n) is 11.6. The van der Waals surface area contributed by atoms with E-state index < -0.39 is 63.3 Å². The molecular weight excluding hydrogens is 793 g/mol. The molecule has 0 saturated carbocycles. The van der Waals surface area contributed by atoms with Crippen LogP contribution in [0.25, 0.3) is 88.4 Å². The van der Waals surface area contributed by atoms with Crippen LogP contribution in [0.15, 0.2) is 146 Å². The lowest BCUT2D eigenvalue weighted by molar-refractivity contribution is -0.137. The van der Waals surface area contributed by atoms with E-state index in [1.807, 2.05) is 74.5 Å². The van der Waals surface area contributed by atoms with E-state index in [4.69, 9.17) is 0 Å². The maximum absolute atomic E-state index is 16.4. The van der Waals surface area contributed by atoms with Gasteiger partial charge in [0.1, 0.15) is 5.56 Å². The number of alkyl halides is 3. The van der Waals surface area contributed by atoms with Gasteiger partial charge in [0.05, 0.1) is 39.0 Å². The fourth-order valence-electron chi connectivity index (χ4n) is 8.85. The van der Waals surface area contributed by atoms with Gasteiger partial charge in [0.15, 0.2) is 23.3 Å². The molecule has 10 aromatic rings. The first-order valence-electron chi connectivity index (χ1n) is 19.3. The quantitative estimate of drug-likeness (QED) is 0.0930. The lowest BCUT2D eigenvalue weighted by Crippen LogP contribution is -2.16. The summed E-state index contributed by atoms with van der Waals surface area (Å²) in [6.45, 7) is 3.82. The average Bonchev–Trinajstić information content (AvgIpc) is 3.76. The van der Waals surface area contributed by atoms with Crippen LogP contribution in [-0.4, -0.2) is 9.13 Å². The second kappa shape index (κ2) is 13.9. The Hall–Kier alpha value is -7.20. The molecule has 0 bridgehead atoms.